The molecule has 0 aliphatic heterocycles. The van der Waals surface area contributed by atoms with Gasteiger partial charge >= 0.3 is 0 Å². The van der Waals surface area contributed by atoms with Crippen molar-refractivity contribution in [3.05, 3.63) is 42.5 Å². The Balaban J connectivity index is 1.78. The summed E-state index contributed by atoms with van der Waals surface area (Å²) in [6.45, 7) is 2.12. The topological polar surface area (TPSA) is 64.4 Å². The average molecular weight is 338 g/mol. The number of unbranched alkanes of at least 4 members (excludes halogenated alkanes) is 2. The predicted molar refractivity (Wildman–Crippen MR) is 98.8 cm³/mol. The van der Waals surface area contributed by atoms with Crippen LogP contribution in [0.25, 0.3) is 22.6 Å². The molecule has 3 rings (SSSR count). The lowest BCUT2D eigenvalue weighted by Crippen LogP contribution is -2.10. The Kier molecular flexibility index (Phi) is 5.33. The van der Waals surface area contributed by atoms with Gasteiger partial charge in [-0.25, -0.2) is 4.98 Å². The molecule has 0 radical (unpaired) electrons. The SMILES string of the molecule is CCCCCC(=O)Nc1ccc2oc(-c3cccc(OC)c3)nc2c1. The first kappa shape index (κ1) is 17.0. The van der Waals surface area contributed by atoms with Crippen LogP contribution in [0, 0.1) is 0 Å². The number of anilines is 1. The van der Waals surface area contributed by atoms with Crippen molar-refractivity contribution in [2.45, 2.75) is 32.6 Å². The van der Waals surface area contributed by atoms with Gasteiger partial charge in [0.25, 0.3) is 0 Å². The molecule has 0 unspecified atom stereocenters. The Hall–Kier alpha value is -2.82. The summed E-state index contributed by atoms with van der Waals surface area (Å²) >= 11 is 0. The van der Waals surface area contributed by atoms with E-state index in [0.29, 0.717) is 23.4 Å². The van der Waals surface area contributed by atoms with Crippen LogP contribution in [0.1, 0.15) is 32.6 Å². The molecule has 1 heterocycles. The highest BCUT2D eigenvalue weighted by Crippen LogP contribution is 2.28. The number of hydrogen-bond donors (Lipinski definition) is 1. The van der Waals surface area contributed by atoms with Crippen LogP contribution in [0.4, 0.5) is 5.69 Å². The number of carbonyl (C=O) groups excluding carboxylic acids is 1. The predicted octanol–water partition coefficient (Wildman–Crippen LogP) is 5.02. The van der Waals surface area contributed by atoms with Gasteiger partial charge in [0.15, 0.2) is 5.58 Å². The average Bonchev–Trinajstić information content (AvgIpc) is 3.05. The van der Waals surface area contributed by atoms with Gasteiger partial charge in [-0.1, -0.05) is 25.8 Å². The molecular weight excluding hydrogens is 316 g/mol. The van der Waals surface area contributed by atoms with Gasteiger partial charge in [-0.3, -0.25) is 4.79 Å². The highest BCUT2D eigenvalue weighted by atomic mass is 16.5. The number of ether oxygens (including phenoxy) is 1. The summed E-state index contributed by atoms with van der Waals surface area (Å²) in [5.74, 6) is 1.31. The zero-order chi connectivity index (χ0) is 17.6. The summed E-state index contributed by atoms with van der Waals surface area (Å²) < 4.78 is 11.1. The maximum atomic E-state index is 12.0. The molecule has 0 bridgehead atoms. The maximum absolute atomic E-state index is 12.0. The van der Waals surface area contributed by atoms with Gasteiger partial charge in [0.1, 0.15) is 11.3 Å². The van der Waals surface area contributed by atoms with Gasteiger partial charge in [-0.2, -0.15) is 0 Å². The number of methoxy groups -OCH3 is 1. The Morgan fingerprint density at radius 3 is 2.88 bits per heavy atom. The van der Waals surface area contributed by atoms with Crippen LogP contribution < -0.4 is 10.1 Å². The van der Waals surface area contributed by atoms with Gasteiger partial charge in [0, 0.05) is 17.7 Å². The van der Waals surface area contributed by atoms with Crippen LogP contribution in [-0.2, 0) is 4.79 Å². The van der Waals surface area contributed by atoms with Gasteiger partial charge < -0.3 is 14.5 Å². The molecule has 0 aliphatic carbocycles. The molecule has 5 nitrogen and oxygen atoms in total. The second-order valence-corrected chi connectivity index (χ2v) is 5.94. The molecule has 0 saturated heterocycles. The molecule has 1 aromatic heterocycles. The Bertz CT molecular complexity index is 870. The van der Waals surface area contributed by atoms with Gasteiger partial charge in [-0.15, -0.1) is 0 Å². The number of nitrogens with one attached hydrogen (secondary N) is 1. The molecule has 130 valence electrons. The van der Waals surface area contributed by atoms with Crippen LogP contribution in [-0.4, -0.2) is 18.0 Å². The first-order valence-corrected chi connectivity index (χ1v) is 8.54. The van der Waals surface area contributed by atoms with E-state index < -0.39 is 0 Å². The van der Waals surface area contributed by atoms with Crippen molar-refractivity contribution in [2.24, 2.45) is 0 Å². The van der Waals surface area contributed by atoms with E-state index in [2.05, 4.69) is 17.2 Å². The third-order valence-electron chi connectivity index (χ3n) is 4.00. The monoisotopic (exact) mass is 338 g/mol. The summed E-state index contributed by atoms with van der Waals surface area (Å²) in [4.78, 5) is 16.5. The van der Waals surface area contributed by atoms with E-state index in [4.69, 9.17) is 9.15 Å². The molecule has 1 N–H and O–H groups in total. The number of amides is 1. The second kappa shape index (κ2) is 7.83. The summed E-state index contributed by atoms with van der Waals surface area (Å²) in [6, 6.07) is 13.1. The van der Waals surface area contributed by atoms with E-state index in [-0.39, 0.29) is 5.91 Å². The first-order chi connectivity index (χ1) is 12.2. The maximum Gasteiger partial charge on any atom is 0.227 e. The number of benzene rings is 2. The number of nitrogens with zero attached hydrogens (tertiary/aromatic N) is 1. The third-order valence-corrected chi connectivity index (χ3v) is 4.00. The number of carbonyl (C=O) groups is 1. The molecule has 0 spiro atoms. The zero-order valence-corrected chi connectivity index (χ0v) is 14.5. The number of fused-ring (bicyclic) bond motifs is 1. The highest BCUT2D eigenvalue weighted by molar-refractivity contribution is 5.93. The summed E-state index contributed by atoms with van der Waals surface area (Å²) in [5.41, 5.74) is 2.98. The molecule has 5 heteroatoms. The second-order valence-electron chi connectivity index (χ2n) is 5.94. The standard InChI is InChI=1S/C20H22N2O3/c1-3-4-5-9-19(23)21-15-10-11-18-17(13-15)22-20(25-18)14-7-6-8-16(12-14)24-2/h6-8,10-13H,3-5,9H2,1-2H3,(H,21,23). The zero-order valence-electron chi connectivity index (χ0n) is 14.5. The molecular formula is C20H22N2O3. The Morgan fingerprint density at radius 1 is 1.20 bits per heavy atom. The van der Waals surface area contributed by atoms with Crippen molar-refractivity contribution >= 4 is 22.7 Å². The van der Waals surface area contributed by atoms with Gasteiger partial charge in [0.05, 0.1) is 7.11 Å². The van der Waals surface area contributed by atoms with E-state index in [9.17, 15) is 4.79 Å². The molecule has 0 saturated carbocycles. The quantitative estimate of drug-likeness (QED) is 0.614. The fourth-order valence-electron chi connectivity index (χ4n) is 2.64. The van der Waals surface area contributed by atoms with E-state index in [1.807, 2.05) is 42.5 Å². The van der Waals surface area contributed by atoms with Crippen LogP contribution >= 0.6 is 0 Å². The largest absolute Gasteiger partial charge is 0.497 e. The minimum absolute atomic E-state index is 0.0318. The highest BCUT2D eigenvalue weighted by Gasteiger charge is 2.10. The lowest BCUT2D eigenvalue weighted by molar-refractivity contribution is -0.116. The molecule has 0 atom stereocenters. The van der Waals surface area contributed by atoms with Crippen LogP contribution in [0.3, 0.4) is 0 Å². The molecule has 1 amide bonds. The van der Waals surface area contributed by atoms with Crippen molar-refractivity contribution in [1.29, 1.82) is 0 Å². The van der Waals surface area contributed by atoms with Crippen molar-refractivity contribution in [1.82, 2.24) is 4.98 Å². The Labute approximate surface area is 147 Å². The molecule has 0 aliphatic rings. The minimum Gasteiger partial charge on any atom is -0.497 e. The molecule has 2 aromatic carbocycles. The van der Waals surface area contributed by atoms with E-state index in [1.54, 1.807) is 7.11 Å². The molecule has 25 heavy (non-hydrogen) atoms. The summed E-state index contributed by atoms with van der Waals surface area (Å²) in [6.07, 6.45) is 3.62. The summed E-state index contributed by atoms with van der Waals surface area (Å²) in [5, 5.41) is 2.92. The normalized spacial score (nSPS) is 10.8. The first-order valence-electron chi connectivity index (χ1n) is 8.54. The van der Waals surface area contributed by atoms with Crippen LogP contribution in [0.15, 0.2) is 46.9 Å². The van der Waals surface area contributed by atoms with E-state index >= 15 is 0 Å². The van der Waals surface area contributed by atoms with Crippen LogP contribution in [0.5, 0.6) is 5.75 Å². The van der Waals surface area contributed by atoms with Crippen LogP contribution in [0.2, 0.25) is 0 Å². The number of oxazole rings is 1. The van der Waals surface area contributed by atoms with Crippen molar-refractivity contribution in [3.63, 3.8) is 0 Å². The lowest BCUT2D eigenvalue weighted by Gasteiger charge is -2.04. The van der Waals surface area contributed by atoms with E-state index in [0.717, 1.165) is 36.3 Å². The lowest BCUT2D eigenvalue weighted by atomic mass is 10.2. The fraction of sp³-hybridized carbons (Fsp3) is 0.300. The molecule has 0 fully saturated rings. The van der Waals surface area contributed by atoms with Gasteiger partial charge in [0.2, 0.25) is 11.8 Å². The van der Waals surface area contributed by atoms with E-state index in [1.165, 1.54) is 0 Å². The van der Waals surface area contributed by atoms with Crippen molar-refractivity contribution < 1.29 is 13.9 Å². The fourth-order valence-corrected chi connectivity index (χ4v) is 2.64. The molecule has 3 aromatic rings. The third kappa shape index (κ3) is 4.18. The summed E-state index contributed by atoms with van der Waals surface area (Å²) in [7, 11) is 1.63. The number of rotatable bonds is 7. The van der Waals surface area contributed by atoms with Crippen molar-refractivity contribution in [3.8, 4) is 17.2 Å². The van der Waals surface area contributed by atoms with Gasteiger partial charge in [-0.05, 0) is 42.8 Å². The minimum atomic E-state index is 0.0318. The number of aromatic nitrogens is 1. The number of hydrogen-bond acceptors (Lipinski definition) is 4. The van der Waals surface area contributed by atoms with Crippen molar-refractivity contribution in [2.75, 3.05) is 12.4 Å². The smallest absolute Gasteiger partial charge is 0.227 e. The Morgan fingerprint density at radius 2 is 2.08 bits per heavy atom.